The van der Waals surface area contributed by atoms with Crippen LogP contribution in [-0.4, -0.2) is 33.7 Å². The number of hydrogen-bond donors (Lipinski definition) is 1. The Balaban J connectivity index is 1.92. The van der Waals surface area contributed by atoms with Crippen LogP contribution in [-0.2, 0) is 4.79 Å². The second-order valence-electron chi connectivity index (χ2n) is 5.92. The molecule has 4 heteroatoms. The number of likely N-dealkylation sites (tertiary alicyclic amines) is 1. The number of carbonyl (C=O) groups excluding carboxylic acids is 2. The van der Waals surface area contributed by atoms with Gasteiger partial charge in [-0.3, -0.25) is 9.59 Å². The Morgan fingerprint density at radius 2 is 1.81 bits per heavy atom. The van der Waals surface area contributed by atoms with Crippen LogP contribution in [0.15, 0.2) is 30.5 Å². The largest absolute Gasteiger partial charge is 0.360 e. The van der Waals surface area contributed by atoms with Crippen LogP contribution < -0.4 is 0 Å². The van der Waals surface area contributed by atoms with Gasteiger partial charge in [-0.15, -0.1) is 0 Å². The number of H-pyrrole nitrogens is 1. The Bertz CT molecular complexity index is 679. The van der Waals surface area contributed by atoms with E-state index < -0.39 is 5.78 Å². The molecule has 4 nitrogen and oxygen atoms in total. The van der Waals surface area contributed by atoms with Crippen molar-refractivity contribution in [2.24, 2.45) is 0 Å². The van der Waals surface area contributed by atoms with Crippen LogP contribution in [0.5, 0.6) is 0 Å². The Labute approximate surface area is 124 Å². The van der Waals surface area contributed by atoms with Crippen molar-refractivity contribution in [1.82, 2.24) is 9.88 Å². The molecule has 0 unspecified atom stereocenters. The molecule has 110 valence electrons. The lowest BCUT2D eigenvalue weighted by atomic mass is 9.96. The van der Waals surface area contributed by atoms with Crippen LogP contribution in [0.3, 0.4) is 0 Å². The molecule has 3 rings (SSSR count). The fourth-order valence-corrected chi connectivity index (χ4v) is 3.31. The molecule has 0 aliphatic carbocycles. The van der Waals surface area contributed by atoms with Gasteiger partial charge in [0.05, 0.1) is 5.56 Å². The van der Waals surface area contributed by atoms with Gasteiger partial charge in [-0.1, -0.05) is 18.2 Å². The number of aromatic amines is 1. The summed E-state index contributed by atoms with van der Waals surface area (Å²) in [5, 5.41) is 0.813. The van der Waals surface area contributed by atoms with Crippen LogP contribution in [0.2, 0.25) is 0 Å². The Hall–Kier alpha value is -2.10. The number of carbonyl (C=O) groups is 2. The normalized spacial score (nSPS) is 22.5. The highest BCUT2D eigenvalue weighted by Crippen LogP contribution is 2.25. The summed E-state index contributed by atoms with van der Waals surface area (Å²) < 4.78 is 0. The molecule has 1 aromatic carbocycles. The van der Waals surface area contributed by atoms with E-state index in [1.807, 2.05) is 38.1 Å². The highest BCUT2D eigenvalue weighted by Gasteiger charge is 2.33. The molecule has 1 aliphatic rings. The van der Waals surface area contributed by atoms with Crippen molar-refractivity contribution in [3.05, 3.63) is 36.0 Å². The van der Waals surface area contributed by atoms with Crippen molar-refractivity contribution in [3.63, 3.8) is 0 Å². The third kappa shape index (κ3) is 2.35. The second-order valence-corrected chi connectivity index (χ2v) is 5.92. The van der Waals surface area contributed by atoms with E-state index in [1.54, 1.807) is 11.1 Å². The van der Waals surface area contributed by atoms with Gasteiger partial charge in [-0.2, -0.15) is 0 Å². The maximum absolute atomic E-state index is 12.6. The van der Waals surface area contributed by atoms with E-state index in [2.05, 4.69) is 4.98 Å². The minimum absolute atomic E-state index is 0.135. The number of nitrogens with zero attached hydrogens (tertiary/aromatic N) is 1. The quantitative estimate of drug-likeness (QED) is 0.680. The number of benzene rings is 1. The van der Waals surface area contributed by atoms with Crippen molar-refractivity contribution in [2.45, 2.75) is 45.2 Å². The third-order valence-corrected chi connectivity index (χ3v) is 4.46. The number of fused-ring (bicyclic) bond motifs is 1. The predicted octanol–water partition coefficient (Wildman–Crippen LogP) is 3.14. The van der Waals surface area contributed by atoms with E-state index in [1.165, 1.54) is 0 Å². The van der Waals surface area contributed by atoms with Crippen LogP contribution >= 0.6 is 0 Å². The first-order chi connectivity index (χ1) is 10.1. The Kier molecular flexibility index (Phi) is 3.53. The molecule has 21 heavy (non-hydrogen) atoms. The van der Waals surface area contributed by atoms with Crippen molar-refractivity contribution in [1.29, 1.82) is 0 Å². The summed E-state index contributed by atoms with van der Waals surface area (Å²) >= 11 is 0. The minimum atomic E-state index is -0.409. The molecule has 0 spiro atoms. The standard InChI is InChI=1S/C17H20N2O2/c1-11-6-5-7-12(2)19(11)17(21)16(20)14-10-18-15-9-4-3-8-13(14)15/h3-4,8-12,18H,5-7H2,1-2H3/t11-,12+. The molecule has 0 saturated carbocycles. The van der Waals surface area contributed by atoms with Crippen LogP contribution in [0.4, 0.5) is 0 Å². The molecule has 1 saturated heterocycles. The molecule has 2 heterocycles. The lowest BCUT2D eigenvalue weighted by Gasteiger charge is -2.38. The van der Waals surface area contributed by atoms with Crippen molar-refractivity contribution in [3.8, 4) is 0 Å². The fourth-order valence-electron chi connectivity index (χ4n) is 3.31. The van der Waals surface area contributed by atoms with E-state index in [9.17, 15) is 9.59 Å². The lowest BCUT2D eigenvalue weighted by molar-refractivity contribution is -0.132. The summed E-state index contributed by atoms with van der Waals surface area (Å²) in [6, 6.07) is 7.83. The molecule has 1 fully saturated rings. The van der Waals surface area contributed by atoms with Gasteiger partial charge >= 0.3 is 0 Å². The van der Waals surface area contributed by atoms with Crippen molar-refractivity contribution in [2.75, 3.05) is 0 Å². The summed E-state index contributed by atoms with van der Waals surface area (Å²) in [6.07, 6.45) is 4.70. The molecule has 1 amide bonds. The molecular weight excluding hydrogens is 264 g/mol. The summed E-state index contributed by atoms with van der Waals surface area (Å²) in [4.78, 5) is 30.0. The zero-order valence-electron chi connectivity index (χ0n) is 12.4. The Morgan fingerprint density at radius 3 is 2.52 bits per heavy atom. The highest BCUT2D eigenvalue weighted by molar-refractivity contribution is 6.45. The summed E-state index contributed by atoms with van der Waals surface area (Å²) in [5.74, 6) is -0.785. The number of para-hydroxylation sites is 1. The zero-order valence-corrected chi connectivity index (χ0v) is 12.4. The average Bonchev–Trinajstić information content (AvgIpc) is 2.90. The predicted molar refractivity (Wildman–Crippen MR) is 82.3 cm³/mol. The van der Waals surface area contributed by atoms with Gasteiger partial charge in [-0.05, 0) is 39.2 Å². The lowest BCUT2D eigenvalue weighted by Crippen LogP contribution is -2.50. The zero-order chi connectivity index (χ0) is 15.0. The van der Waals surface area contributed by atoms with E-state index in [0.717, 1.165) is 30.2 Å². The number of ketones is 1. The van der Waals surface area contributed by atoms with Gasteiger partial charge < -0.3 is 9.88 Å². The number of aromatic nitrogens is 1. The van der Waals surface area contributed by atoms with Crippen LogP contribution in [0.25, 0.3) is 10.9 Å². The van der Waals surface area contributed by atoms with Crippen LogP contribution in [0, 0.1) is 0 Å². The first kappa shape index (κ1) is 13.9. The van der Waals surface area contributed by atoms with E-state index in [0.29, 0.717) is 5.56 Å². The number of rotatable bonds is 2. The molecule has 0 radical (unpaired) electrons. The molecule has 2 atom stereocenters. The SMILES string of the molecule is C[C@@H]1CCC[C@H](C)N1C(=O)C(=O)c1c[nH]c2ccccc12. The summed E-state index contributed by atoms with van der Waals surface area (Å²) in [7, 11) is 0. The molecule has 1 aliphatic heterocycles. The van der Waals surface area contributed by atoms with Crippen LogP contribution in [0.1, 0.15) is 43.5 Å². The van der Waals surface area contributed by atoms with Crippen molar-refractivity contribution < 1.29 is 9.59 Å². The highest BCUT2D eigenvalue weighted by atomic mass is 16.2. The van der Waals surface area contributed by atoms with Gasteiger partial charge in [0.1, 0.15) is 0 Å². The Morgan fingerprint density at radius 1 is 1.14 bits per heavy atom. The van der Waals surface area contributed by atoms with Crippen molar-refractivity contribution >= 4 is 22.6 Å². The average molecular weight is 284 g/mol. The molecule has 0 bridgehead atoms. The topological polar surface area (TPSA) is 53.2 Å². The number of nitrogens with one attached hydrogen (secondary N) is 1. The second kappa shape index (κ2) is 5.35. The minimum Gasteiger partial charge on any atom is -0.360 e. The molecule has 1 N–H and O–H groups in total. The number of hydrogen-bond acceptors (Lipinski definition) is 2. The summed E-state index contributed by atoms with van der Waals surface area (Å²) in [6.45, 7) is 4.05. The van der Waals surface area contributed by atoms with E-state index >= 15 is 0 Å². The molecular formula is C17H20N2O2. The molecule has 2 aromatic rings. The van der Waals surface area contributed by atoms with Gasteiger partial charge in [0.15, 0.2) is 0 Å². The third-order valence-electron chi connectivity index (χ3n) is 4.46. The summed E-state index contributed by atoms with van der Waals surface area (Å²) in [5.41, 5.74) is 1.36. The fraction of sp³-hybridized carbons (Fsp3) is 0.412. The van der Waals surface area contributed by atoms with Gasteiger partial charge in [-0.25, -0.2) is 0 Å². The van der Waals surface area contributed by atoms with Gasteiger partial charge in [0.2, 0.25) is 0 Å². The van der Waals surface area contributed by atoms with Gasteiger partial charge in [0, 0.05) is 29.2 Å². The van der Waals surface area contributed by atoms with Gasteiger partial charge in [0.25, 0.3) is 11.7 Å². The monoisotopic (exact) mass is 284 g/mol. The smallest absolute Gasteiger partial charge is 0.295 e. The first-order valence-electron chi connectivity index (χ1n) is 7.52. The van der Waals surface area contributed by atoms with E-state index in [-0.39, 0.29) is 18.0 Å². The maximum atomic E-state index is 12.6. The molecule has 1 aromatic heterocycles. The number of Topliss-reactive ketones (excluding diaryl/α,β-unsaturated/α-hetero) is 1. The number of amides is 1. The first-order valence-corrected chi connectivity index (χ1v) is 7.52. The maximum Gasteiger partial charge on any atom is 0.295 e. The number of piperidine rings is 1. The van der Waals surface area contributed by atoms with E-state index in [4.69, 9.17) is 0 Å².